The molecule has 0 fully saturated rings. The summed E-state index contributed by atoms with van der Waals surface area (Å²) in [7, 11) is 0. The fourth-order valence-electron chi connectivity index (χ4n) is 1.62. The van der Waals surface area contributed by atoms with Gasteiger partial charge in [0.25, 0.3) is 0 Å². The number of nitrogens with zero attached hydrogens (tertiary/aromatic N) is 1. The van der Waals surface area contributed by atoms with E-state index >= 15 is 0 Å². The lowest BCUT2D eigenvalue weighted by Gasteiger charge is -2.16. The van der Waals surface area contributed by atoms with Crippen LogP contribution in [0.4, 0.5) is 4.39 Å². The second-order valence-electron chi connectivity index (χ2n) is 3.56. The van der Waals surface area contributed by atoms with Gasteiger partial charge in [-0.2, -0.15) is 0 Å². The van der Waals surface area contributed by atoms with E-state index in [4.69, 9.17) is 17.4 Å². The van der Waals surface area contributed by atoms with E-state index in [1.165, 1.54) is 6.07 Å². The van der Waals surface area contributed by atoms with Crippen molar-refractivity contribution >= 4 is 11.6 Å². The SMILES string of the molecule is NNC(c1cccnc1)c1ccc(F)c(Cl)c1. The lowest BCUT2D eigenvalue weighted by molar-refractivity contribution is 0.615. The number of nitrogens with two attached hydrogens (primary N) is 1. The molecule has 2 aromatic rings. The van der Waals surface area contributed by atoms with Gasteiger partial charge in [-0.25, -0.2) is 9.82 Å². The molecule has 0 aliphatic carbocycles. The summed E-state index contributed by atoms with van der Waals surface area (Å²) in [5.41, 5.74) is 4.33. The van der Waals surface area contributed by atoms with E-state index in [0.29, 0.717) is 0 Å². The summed E-state index contributed by atoms with van der Waals surface area (Å²) in [4.78, 5) is 4.02. The van der Waals surface area contributed by atoms with E-state index < -0.39 is 5.82 Å². The number of rotatable bonds is 3. The van der Waals surface area contributed by atoms with Gasteiger partial charge in [0.1, 0.15) is 5.82 Å². The maximum atomic E-state index is 13.1. The van der Waals surface area contributed by atoms with Crippen LogP contribution in [0.15, 0.2) is 42.7 Å². The molecule has 1 heterocycles. The van der Waals surface area contributed by atoms with Gasteiger partial charge in [0.15, 0.2) is 0 Å². The Labute approximate surface area is 103 Å². The molecule has 0 bridgehead atoms. The van der Waals surface area contributed by atoms with Crippen molar-refractivity contribution < 1.29 is 4.39 Å². The van der Waals surface area contributed by atoms with Crippen LogP contribution < -0.4 is 11.3 Å². The summed E-state index contributed by atoms with van der Waals surface area (Å²) in [6.07, 6.45) is 3.37. The number of aromatic nitrogens is 1. The molecule has 1 unspecified atom stereocenters. The molecule has 17 heavy (non-hydrogen) atoms. The smallest absolute Gasteiger partial charge is 0.141 e. The first-order chi connectivity index (χ1) is 8.22. The first-order valence-electron chi connectivity index (χ1n) is 5.03. The monoisotopic (exact) mass is 251 g/mol. The first-order valence-corrected chi connectivity index (χ1v) is 5.41. The molecule has 3 nitrogen and oxygen atoms in total. The topological polar surface area (TPSA) is 50.9 Å². The Balaban J connectivity index is 2.39. The van der Waals surface area contributed by atoms with Gasteiger partial charge in [0.05, 0.1) is 11.1 Å². The van der Waals surface area contributed by atoms with Crippen LogP contribution in [0.25, 0.3) is 0 Å². The molecule has 0 radical (unpaired) electrons. The van der Waals surface area contributed by atoms with Crippen LogP contribution in [0.5, 0.6) is 0 Å². The highest BCUT2D eigenvalue weighted by atomic mass is 35.5. The van der Waals surface area contributed by atoms with Gasteiger partial charge in [0, 0.05) is 12.4 Å². The first kappa shape index (κ1) is 12.0. The highest BCUT2D eigenvalue weighted by Crippen LogP contribution is 2.24. The second kappa shape index (κ2) is 5.23. The van der Waals surface area contributed by atoms with E-state index in [1.807, 2.05) is 12.1 Å². The third-order valence-corrected chi connectivity index (χ3v) is 2.75. The Bertz CT molecular complexity index is 504. The molecule has 88 valence electrons. The van der Waals surface area contributed by atoms with Crippen LogP contribution >= 0.6 is 11.6 Å². The third kappa shape index (κ3) is 2.61. The van der Waals surface area contributed by atoms with Gasteiger partial charge in [-0.15, -0.1) is 0 Å². The molecule has 0 spiro atoms. The van der Waals surface area contributed by atoms with E-state index in [1.54, 1.807) is 24.5 Å². The summed E-state index contributed by atoms with van der Waals surface area (Å²) < 4.78 is 13.1. The molecule has 1 aromatic heterocycles. The van der Waals surface area contributed by atoms with Crippen LogP contribution in [0.1, 0.15) is 17.2 Å². The van der Waals surface area contributed by atoms with Crippen molar-refractivity contribution in [1.82, 2.24) is 10.4 Å². The van der Waals surface area contributed by atoms with Gasteiger partial charge >= 0.3 is 0 Å². The maximum Gasteiger partial charge on any atom is 0.141 e. The molecule has 0 amide bonds. The van der Waals surface area contributed by atoms with E-state index in [9.17, 15) is 4.39 Å². The van der Waals surface area contributed by atoms with E-state index in [0.717, 1.165) is 11.1 Å². The fourth-order valence-corrected chi connectivity index (χ4v) is 1.81. The fraction of sp³-hybridized carbons (Fsp3) is 0.0833. The zero-order valence-corrected chi connectivity index (χ0v) is 9.66. The lowest BCUT2D eigenvalue weighted by Crippen LogP contribution is -2.28. The summed E-state index contributed by atoms with van der Waals surface area (Å²) in [6, 6.07) is 7.94. The van der Waals surface area contributed by atoms with Gasteiger partial charge in [-0.3, -0.25) is 10.8 Å². The molecular weight excluding hydrogens is 241 g/mol. The van der Waals surface area contributed by atoms with Crippen molar-refractivity contribution in [2.24, 2.45) is 5.84 Å². The molecule has 1 atom stereocenters. The molecule has 0 saturated carbocycles. The summed E-state index contributed by atoms with van der Waals surface area (Å²) in [6.45, 7) is 0. The number of nitrogens with one attached hydrogen (secondary N) is 1. The lowest BCUT2D eigenvalue weighted by atomic mass is 10.0. The minimum absolute atomic E-state index is 0.0756. The zero-order valence-electron chi connectivity index (χ0n) is 8.90. The van der Waals surface area contributed by atoms with Crippen molar-refractivity contribution in [1.29, 1.82) is 0 Å². The Kier molecular flexibility index (Phi) is 3.68. The Morgan fingerprint density at radius 2 is 2.12 bits per heavy atom. The van der Waals surface area contributed by atoms with Gasteiger partial charge in [0.2, 0.25) is 0 Å². The standard InChI is InChI=1S/C12H11ClFN3/c13-10-6-8(3-4-11(10)14)12(17-15)9-2-1-5-16-7-9/h1-7,12,17H,15H2. The number of hydrazine groups is 1. The Hall–Kier alpha value is -1.49. The van der Waals surface area contributed by atoms with Crippen molar-refractivity contribution in [2.75, 3.05) is 0 Å². The number of pyridine rings is 1. The normalized spacial score (nSPS) is 12.4. The summed E-state index contributed by atoms with van der Waals surface area (Å²) in [5, 5.41) is 0.0756. The highest BCUT2D eigenvalue weighted by Gasteiger charge is 2.13. The molecule has 5 heteroatoms. The van der Waals surface area contributed by atoms with Crippen LogP contribution in [0.2, 0.25) is 5.02 Å². The van der Waals surface area contributed by atoms with Gasteiger partial charge in [-0.05, 0) is 29.3 Å². The average Bonchev–Trinajstić information content (AvgIpc) is 2.36. The molecule has 0 aliphatic rings. The van der Waals surface area contributed by atoms with Crippen LogP contribution in [-0.4, -0.2) is 4.98 Å². The molecule has 1 aromatic carbocycles. The van der Waals surface area contributed by atoms with E-state index in [2.05, 4.69) is 10.4 Å². The number of hydrogen-bond acceptors (Lipinski definition) is 3. The zero-order chi connectivity index (χ0) is 12.3. The molecule has 3 N–H and O–H groups in total. The highest BCUT2D eigenvalue weighted by molar-refractivity contribution is 6.30. The quantitative estimate of drug-likeness (QED) is 0.651. The van der Waals surface area contributed by atoms with Crippen molar-refractivity contribution in [3.8, 4) is 0 Å². The van der Waals surface area contributed by atoms with Gasteiger partial charge < -0.3 is 0 Å². The third-order valence-electron chi connectivity index (χ3n) is 2.46. The average molecular weight is 252 g/mol. The largest absolute Gasteiger partial charge is 0.271 e. The minimum Gasteiger partial charge on any atom is -0.271 e. The Morgan fingerprint density at radius 1 is 1.29 bits per heavy atom. The Morgan fingerprint density at radius 3 is 2.71 bits per heavy atom. The van der Waals surface area contributed by atoms with Crippen molar-refractivity contribution in [2.45, 2.75) is 6.04 Å². The van der Waals surface area contributed by atoms with Crippen molar-refractivity contribution in [3.05, 3.63) is 64.7 Å². The van der Waals surface area contributed by atoms with Crippen molar-refractivity contribution in [3.63, 3.8) is 0 Å². The molecule has 0 aliphatic heterocycles. The maximum absolute atomic E-state index is 13.1. The van der Waals surface area contributed by atoms with Crippen LogP contribution in [0, 0.1) is 5.82 Å². The molecule has 2 rings (SSSR count). The van der Waals surface area contributed by atoms with Crippen LogP contribution in [0.3, 0.4) is 0 Å². The summed E-state index contributed by atoms with van der Waals surface area (Å²) >= 11 is 5.74. The molecule has 0 saturated heterocycles. The molecular formula is C12H11ClFN3. The predicted octanol–water partition coefficient (Wildman–Crippen LogP) is 2.43. The summed E-state index contributed by atoms with van der Waals surface area (Å²) in [5.74, 6) is 5.06. The van der Waals surface area contributed by atoms with Gasteiger partial charge in [-0.1, -0.05) is 23.7 Å². The number of hydrogen-bond donors (Lipinski definition) is 2. The van der Waals surface area contributed by atoms with Crippen LogP contribution in [-0.2, 0) is 0 Å². The number of benzene rings is 1. The van der Waals surface area contributed by atoms with E-state index in [-0.39, 0.29) is 11.1 Å². The minimum atomic E-state index is -0.447. The second-order valence-corrected chi connectivity index (χ2v) is 3.97. The predicted molar refractivity (Wildman–Crippen MR) is 64.8 cm³/mol. The number of halogens is 2.